The van der Waals surface area contributed by atoms with Gasteiger partial charge >= 0.3 is 15.5 Å². The van der Waals surface area contributed by atoms with Gasteiger partial charge < -0.3 is 10.6 Å². The van der Waals surface area contributed by atoms with E-state index in [9.17, 15) is 31.2 Å². The van der Waals surface area contributed by atoms with Crippen molar-refractivity contribution in [1.82, 2.24) is 4.90 Å². The second-order valence-corrected chi connectivity index (χ2v) is 7.80. The smallest absolute Gasteiger partial charge is 0.366 e. The number of hydrogen-bond acceptors (Lipinski definition) is 4. The topological polar surface area (TPSA) is 101 Å². The van der Waals surface area contributed by atoms with Crippen molar-refractivity contribution in [3.05, 3.63) is 29.3 Å². The van der Waals surface area contributed by atoms with Crippen LogP contribution >= 0.6 is 0 Å². The van der Waals surface area contributed by atoms with Crippen LogP contribution in [0.4, 0.5) is 18.9 Å². The first-order chi connectivity index (χ1) is 12.4. The normalized spacial score (nSPS) is 11.9. The van der Waals surface area contributed by atoms with E-state index in [4.69, 9.17) is 5.73 Å². The Hall–Kier alpha value is -2.30. The molecule has 0 bridgehead atoms. The van der Waals surface area contributed by atoms with E-state index < -0.39 is 33.0 Å². The average molecular weight is 409 g/mol. The van der Waals surface area contributed by atoms with E-state index in [1.807, 2.05) is 13.8 Å². The van der Waals surface area contributed by atoms with Crippen LogP contribution in [-0.2, 0) is 10.0 Å². The van der Waals surface area contributed by atoms with Crippen molar-refractivity contribution in [3.63, 3.8) is 0 Å². The zero-order valence-electron chi connectivity index (χ0n) is 15.2. The molecule has 0 radical (unpaired) electrons. The lowest BCUT2D eigenvalue weighted by atomic mass is 10.1. The highest BCUT2D eigenvalue weighted by molar-refractivity contribution is 7.93. The monoisotopic (exact) mass is 409 g/mol. The van der Waals surface area contributed by atoms with Gasteiger partial charge in [-0.05, 0) is 31.0 Å². The van der Waals surface area contributed by atoms with Gasteiger partial charge in [0.2, 0.25) is 5.91 Å². The molecule has 1 aromatic rings. The van der Waals surface area contributed by atoms with E-state index in [1.54, 1.807) is 0 Å². The van der Waals surface area contributed by atoms with Gasteiger partial charge in [-0.3, -0.25) is 13.9 Å². The zero-order valence-corrected chi connectivity index (χ0v) is 16.0. The number of benzene rings is 1. The maximum Gasteiger partial charge on any atom is 0.516 e. The second-order valence-electron chi connectivity index (χ2n) is 5.84. The van der Waals surface area contributed by atoms with Crippen LogP contribution in [0.1, 0.15) is 47.4 Å². The third-order valence-electron chi connectivity index (χ3n) is 3.74. The van der Waals surface area contributed by atoms with E-state index in [0.717, 1.165) is 18.2 Å². The molecule has 2 N–H and O–H groups in total. The summed E-state index contributed by atoms with van der Waals surface area (Å²) < 4.78 is 61.7. The van der Waals surface area contributed by atoms with Crippen molar-refractivity contribution in [2.24, 2.45) is 5.73 Å². The lowest BCUT2D eigenvalue weighted by Gasteiger charge is -2.24. The molecule has 1 rings (SSSR count). The summed E-state index contributed by atoms with van der Waals surface area (Å²) in [4.78, 5) is 25.7. The van der Waals surface area contributed by atoms with Crippen LogP contribution in [0.15, 0.2) is 18.2 Å². The van der Waals surface area contributed by atoms with Crippen molar-refractivity contribution in [2.75, 3.05) is 24.4 Å². The van der Waals surface area contributed by atoms with Crippen molar-refractivity contribution in [1.29, 1.82) is 0 Å². The lowest BCUT2D eigenvalue weighted by Crippen LogP contribution is -2.38. The number of amides is 2. The summed E-state index contributed by atoms with van der Waals surface area (Å²) in [6, 6.07) is 3.03. The summed E-state index contributed by atoms with van der Waals surface area (Å²) in [5.74, 6) is -1.53. The Morgan fingerprint density at radius 1 is 1.04 bits per heavy atom. The zero-order chi connectivity index (χ0) is 21.0. The van der Waals surface area contributed by atoms with E-state index in [2.05, 4.69) is 0 Å². The van der Waals surface area contributed by atoms with Crippen molar-refractivity contribution >= 4 is 27.5 Å². The Balaban J connectivity index is 3.49. The molecule has 2 amide bonds. The van der Waals surface area contributed by atoms with Crippen LogP contribution in [0.2, 0.25) is 0 Å². The molecule has 0 saturated heterocycles. The Bertz CT molecular complexity index is 804. The number of rotatable bonds is 8. The fourth-order valence-corrected chi connectivity index (χ4v) is 3.08. The first kappa shape index (κ1) is 22.7. The van der Waals surface area contributed by atoms with Gasteiger partial charge in [0.25, 0.3) is 5.91 Å². The van der Waals surface area contributed by atoms with Gasteiger partial charge in [-0.2, -0.15) is 21.6 Å². The minimum atomic E-state index is -5.70. The minimum Gasteiger partial charge on any atom is -0.366 e. The predicted octanol–water partition coefficient (Wildman–Crippen LogP) is 2.33. The number of halogens is 3. The molecule has 0 aliphatic heterocycles. The Kier molecular flexibility index (Phi) is 7.24. The maximum atomic E-state index is 12.8. The van der Waals surface area contributed by atoms with E-state index >= 15 is 0 Å². The van der Waals surface area contributed by atoms with Crippen LogP contribution in [0.3, 0.4) is 0 Å². The third-order valence-corrected chi connectivity index (χ3v) is 5.26. The molecule has 7 nitrogen and oxygen atoms in total. The lowest BCUT2D eigenvalue weighted by molar-refractivity contribution is -0.0437. The third kappa shape index (κ3) is 5.12. The standard InChI is InChI=1S/C16H22F3N3O4S/c1-4-6-22(7-5-2)15(24)12-8-11(14(20)23)9-13(10-12)21(3)27(25,26)16(17,18)19/h8-10H,4-7H2,1-3H3,(H2,20,23). The molecule has 0 aliphatic carbocycles. The summed E-state index contributed by atoms with van der Waals surface area (Å²) in [7, 11) is -5.01. The van der Waals surface area contributed by atoms with Crippen molar-refractivity contribution in [3.8, 4) is 0 Å². The highest BCUT2D eigenvalue weighted by atomic mass is 32.2. The first-order valence-electron chi connectivity index (χ1n) is 8.16. The number of anilines is 1. The number of alkyl halides is 3. The van der Waals surface area contributed by atoms with Gasteiger partial charge in [-0.15, -0.1) is 0 Å². The number of sulfonamides is 1. The highest BCUT2D eigenvalue weighted by Gasteiger charge is 2.49. The fourth-order valence-electron chi connectivity index (χ4n) is 2.39. The Morgan fingerprint density at radius 2 is 1.52 bits per heavy atom. The summed E-state index contributed by atoms with van der Waals surface area (Å²) in [5, 5.41) is 0. The van der Waals surface area contributed by atoms with Crippen molar-refractivity contribution in [2.45, 2.75) is 32.2 Å². The van der Waals surface area contributed by atoms with E-state index in [1.165, 1.54) is 4.90 Å². The van der Waals surface area contributed by atoms with Crippen LogP contribution in [0, 0.1) is 0 Å². The molecule has 0 spiro atoms. The summed E-state index contributed by atoms with van der Waals surface area (Å²) in [6.45, 7) is 4.51. The molecule has 0 fully saturated rings. The molecule has 27 heavy (non-hydrogen) atoms. The van der Waals surface area contributed by atoms with Gasteiger partial charge in [0.15, 0.2) is 0 Å². The van der Waals surface area contributed by atoms with E-state index in [0.29, 0.717) is 33.0 Å². The van der Waals surface area contributed by atoms with Crippen LogP contribution in [0.25, 0.3) is 0 Å². The molecule has 0 heterocycles. The van der Waals surface area contributed by atoms with Gasteiger partial charge in [-0.25, -0.2) is 0 Å². The Labute approximate surface area is 156 Å². The molecular formula is C16H22F3N3O4S. The fraction of sp³-hybridized carbons (Fsp3) is 0.500. The number of primary amides is 1. The number of nitrogens with zero attached hydrogens (tertiary/aromatic N) is 2. The van der Waals surface area contributed by atoms with Crippen molar-refractivity contribution < 1.29 is 31.2 Å². The second kappa shape index (κ2) is 8.59. The summed E-state index contributed by atoms with van der Waals surface area (Å²) >= 11 is 0. The molecule has 0 aliphatic rings. The Morgan fingerprint density at radius 3 is 1.93 bits per heavy atom. The van der Waals surface area contributed by atoms with Crippen LogP contribution < -0.4 is 10.0 Å². The van der Waals surface area contributed by atoms with Gasteiger partial charge in [0, 0.05) is 31.3 Å². The number of carbonyl (C=O) groups is 2. The number of carbonyl (C=O) groups excluding carboxylic acids is 2. The molecule has 0 saturated carbocycles. The number of nitrogens with two attached hydrogens (primary N) is 1. The van der Waals surface area contributed by atoms with Gasteiger partial charge in [0.05, 0.1) is 5.69 Å². The quantitative estimate of drug-likeness (QED) is 0.712. The molecule has 11 heteroatoms. The molecular weight excluding hydrogens is 387 g/mol. The number of hydrogen-bond donors (Lipinski definition) is 1. The minimum absolute atomic E-state index is 0.0276. The average Bonchev–Trinajstić information content (AvgIpc) is 2.58. The molecule has 152 valence electrons. The molecule has 0 unspecified atom stereocenters. The van der Waals surface area contributed by atoms with Crippen LogP contribution in [-0.4, -0.2) is 50.8 Å². The summed E-state index contributed by atoms with van der Waals surface area (Å²) in [5.41, 5.74) is -1.23. The SMILES string of the molecule is CCCN(CCC)C(=O)c1cc(C(N)=O)cc(N(C)S(=O)(=O)C(F)(F)F)c1. The maximum absolute atomic E-state index is 12.8. The van der Waals surface area contributed by atoms with Gasteiger partial charge in [-0.1, -0.05) is 13.8 Å². The van der Waals surface area contributed by atoms with E-state index in [-0.39, 0.29) is 15.4 Å². The molecule has 1 aromatic carbocycles. The molecule has 0 atom stereocenters. The molecule has 0 aromatic heterocycles. The largest absolute Gasteiger partial charge is 0.516 e. The van der Waals surface area contributed by atoms with Gasteiger partial charge in [0.1, 0.15) is 0 Å². The highest BCUT2D eigenvalue weighted by Crippen LogP contribution is 2.31. The van der Waals surface area contributed by atoms with Crippen LogP contribution in [0.5, 0.6) is 0 Å². The predicted molar refractivity (Wildman–Crippen MR) is 94.8 cm³/mol. The summed E-state index contributed by atoms with van der Waals surface area (Å²) in [6.07, 6.45) is 1.30. The first-order valence-corrected chi connectivity index (χ1v) is 9.60.